The Morgan fingerprint density at radius 2 is 1.83 bits per heavy atom. The molecule has 3 rings (SSSR count). The van der Waals surface area contributed by atoms with Gasteiger partial charge in [0.05, 0.1) is 6.10 Å². The van der Waals surface area contributed by atoms with Crippen LogP contribution in [-0.2, 0) is 19.1 Å². The predicted octanol–water partition coefficient (Wildman–Crippen LogP) is 0.918. The summed E-state index contributed by atoms with van der Waals surface area (Å²) >= 11 is 0. The molecule has 36 heavy (non-hydrogen) atoms. The number of nitrogens with two attached hydrogens (primary N) is 1. The van der Waals surface area contributed by atoms with Crippen molar-refractivity contribution in [2.45, 2.75) is 95.0 Å². The van der Waals surface area contributed by atoms with Crippen molar-refractivity contribution in [3.05, 3.63) is 10.1 Å². The van der Waals surface area contributed by atoms with Gasteiger partial charge in [-0.15, -0.1) is 0 Å². The highest BCUT2D eigenvalue weighted by molar-refractivity contribution is 5.92. The van der Waals surface area contributed by atoms with E-state index in [1.165, 1.54) is 11.8 Å². The highest BCUT2D eigenvalue weighted by Crippen LogP contribution is 2.32. The summed E-state index contributed by atoms with van der Waals surface area (Å²) in [6.45, 7) is 4.06. The summed E-state index contributed by atoms with van der Waals surface area (Å²) in [7, 11) is 0. The summed E-state index contributed by atoms with van der Waals surface area (Å²) in [5, 5.41) is 13.9. The molecule has 2 heterocycles. The third-order valence-electron chi connectivity index (χ3n) is 7.72. The van der Waals surface area contributed by atoms with E-state index in [4.69, 9.17) is 10.5 Å². The van der Waals surface area contributed by atoms with Gasteiger partial charge >= 0.3 is 5.91 Å². The van der Waals surface area contributed by atoms with Gasteiger partial charge in [-0.1, -0.05) is 26.2 Å². The van der Waals surface area contributed by atoms with Gasteiger partial charge in [0, 0.05) is 38.7 Å². The molecule has 1 aliphatic carbocycles. The molecule has 2 saturated heterocycles. The smallest absolute Gasteiger partial charge is 0.377 e. The van der Waals surface area contributed by atoms with Crippen LogP contribution < -0.4 is 11.1 Å². The van der Waals surface area contributed by atoms with Gasteiger partial charge in [-0.05, 0) is 32.1 Å². The molecule has 3 aliphatic rings. The Kier molecular flexibility index (Phi) is 9.33. The average molecular weight is 518 g/mol. The van der Waals surface area contributed by atoms with E-state index in [9.17, 15) is 33.3 Å². The fourth-order valence-electron chi connectivity index (χ4n) is 5.64. The number of halogens is 2. The Labute approximate surface area is 209 Å². The number of nitrogens with one attached hydrogen (secondary N) is 1. The summed E-state index contributed by atoms with van der Waals surface area (Å²) < 4.78 is 34.0. The quantitative estimate of drug-likeness (QED) is 0.339. The lowest BCUT2D eigenvalue weighted by Gasteiger charge is -2.43. The van der Waals surface area contributed by atoms with Gasteiger partial charge in [0.1, 0.15) is 17.0 Å². The standard InChI is InChI=1S/C23H37F2N5O6/c1-3-23(24,25)19(26)20(31)27-18(14-8-6-5-7-9-14)22(33)29-11-15-10-16(36-4-2)12-28(15)13-17(29)21(32)30(34)35/h14-19H,3-13,26H2,1-2H3,(H,27,31)/t15-,16-,17+,18+,19?/m1/s1. The molecule has 204 valence electrons. The van der Waals surface area contributed by atoms with Crippen LogP contribution in [0.4, 0.5) is 8.78 Å². The second kappa shape index (κ2) is 11.9. The SMILES string of the molecule is CCO[C@@H]1C[C@@H]2CN(C(=O)[C@@H](NC(=O)C(N)C(F)(F)CC)C3CCCCC3)[C@H](C(=O)[N+](=O)[O-])CN2C1. The molecule has 0 spiro atoms. The molecule has 5 atom stereocenters. The summed E-state index contributed by atoms with van der Waals surface area (Å²) in [6, 6.07) is -4.86. The van der Waals surface area contributed by atoms with Gasteiger partial charge in [0.15, 0.2) is 6.04 Å². The number of nitro groups is 1. The normalized spacial score (nSPS) is 27.2. The minimum absolute atomic E-state index is 0.0292. The summed E-state index contributed by atoms with van der Waals surface area (Å²) in [6.07, 6.45) is 3.53. The second-order valence-electron chi connectivity index (χ2n) is 10.00. The lowest BCUT2D eigenvalue weighted by Crippen LogP contribution is -2.66. The van der Waals surface area contributed by atoms with Crippen molar-refractivity contribution in [3.8, 4) is 0 Å². The van der Waals surface area contributed by atoms with Gasteiger partial charge in [-0.2, -0.15) is 0 Å². The number of carbonyl (C=O) groups is 3. The topological polar surface area (TPSA) is 148 Å². The number of hydrogen-bond donors (Lipinski definition) is 2. The molecule has 0 aromatic heterocycles. The van der Waals surface area contributed by atoms with Crippen molar-refractivity contribution in [1.82, 2.24) is 15.1 Å². The molecule has 1 unspecified atom stereocenters. The predicted molar refractivity (Wildman–Crippen MR) is 125 cm³/mol. The number of rotatable bonds is 9. The van der Waals surface area contributed by atoms with Crippen LogP contribution in [0, 0.1) is 16.0 Å². The number of hydrogen-bond acceptors (Lipinski definition) is 8. The molecule has 2 aliphatic heterocycles. The van der Waals surface area contributed by atoms with Crippen LogP contribution in [-0.4, -0.2) is 94.9 Å². The number of ether oxygens (including phenoxy) is 1. The molecule has 3 N–H and O–H groups in total. The first-order valence-corrected chi connectivity index (χ1v) is 12.8. The number of fused-ring (bicyclic) bond motifs is 1. The minimum Gasteiger partial charge on any atom is -0.377 e. The van der Waals surface area contributed by atoms with Gasteiger partial charge in [0.2, 0.25) is 11.8 Å². The molecule has 0 aromatic rings. The van der Waals surface area contributed by atoms with E-state index in [1.54, 1.807) is 0 Å². The van der Waals surface area contributed by atoms with Crippen LogP contribution in [0.5, 0.6) is 0 Å². The summed E-state index contributed by atoms with van der Waals surface area (Å²) in [5.74, 6) is -6.94. The van der Waals surface area contributed by atoms with E-state index in [0.29, 0.717) is 32.4 Å². The number of alkyl halides is 2. The van der Waals surface area contributed by atoms with Gasteiger partial charge in [-0.25, -0.2) is 13.6 Å². The van der Waals surface area contributed by atoms with E-state index >= 15 is 0 Å². The fraction of sp³-hybridized carbons (Fsp3) is 0.870. The monoisotopic (exact) mass is 517 g/mol. The van der Waals surface area contributed by atoms with Crippen LogP contribution in [0.3, 0.4) is 0 Å². The number of amides is 3. The highest BCUT2D eigenvalue weighted by atomic mass is 19.3. The van der Waals surface area contributed by atoms with E-state index < -0.39 is 53.1 Å². The average Bonchev–Trinajstić information content (AvgIpc) is 3.27. The third kappa shape index (κ3) is 6.17. The first kappa shape index (κ1) is 28.3. The van der Waals surface area contributed by atoms with Gasteiger partial charge in [0.25, 0.3) is 5.92 Å². The molecule has 3 amide bonds. The van der Waals surface area contributed by atoms with E-state index in [1.807, 2.05) is 11.8 Å². The van der Waals surface area contributed by atoms with E-state index in [0.717, 1.165) is 19.3 Å². The Hall–Kier alpha value is -2.25. The van der Waals surface area contributed by atoms with Crippen LogP contribution in [0.15, 0.2) is 0 Å². The van der Waals surface area contributed by atoms with Gasteiger partial charge < -0.3 is 20.7 Å². The molecule has 0 bridgehead atoms. The minimum atomic E-state index is -3.46. The maximum Gasteiger partial charge on any atom is 0.468 e. The molecule has 0 aromatic carbocycles. The first-order chi connectivity index (χ1) is 17.0. The molecular weight excluding hydrogens is 480 g/mol. The largest absolute Gasteiger partial charge is 0.468 e. The van der Waals surface area contributed by atoms with Crippen molar-refractivity contribution in [2.75, 3.05) is 26.2 Å². The molecule has 1 saturated carbocycles. The molecule has 13 heteroatoms. The Balaban J connectivity index is 1.88. The maximum atomic E-state index is 14.1. The Morgan fingerprint density at radius 1 is 1.17 bits per heavy atom. The van der Waals surface area contributed by atoms with E-state index in [2.05, 4.69) is 5.32 Å². The van der Waals surface area contributed by atoms with Crippen LogP contribution in [0.2, 0.25) is 0 Å². The Bertz CT molecular complexity index is 840. The molecule has 0 radical (unpaired) electrons. The lowest BCUT2D eigenvalue weighted by atomic mass is 9.82. The number of piperazine rings is 1. The molecular formula is C23H37F2N5O6. The first-order valence-electron chi connectivity index (χ1n) is 12.8. The second-order valence-corrected chi connectivity index (χ2v) is 10.00. The summed E-state index contributed by atoms with van der Waals surface area (Å²) in [4.78, 5) is 52.6. The number of nitrogens with zero attached hydrogens (tertiary/aromatic N) is 3. The van der Waals surface area contributed by atoms with E-state index in [-0.39, 0.29) is 31.2 Å². The molecule has 11 nitrogen and oxygen atoms in total. The van der Waals surface area contributed by atoms with Crippen LogP contribution in [0.25, 0.3) is 0 Å². The van der Waals surface area contributed by atoms with Crippen LogP contribution >= 0.6 is 0 Å². The summed E-state index contributed by atoms with van der Waals surface area (Å²) in [5.41, 5.74) is 5.54. The lowest BCUT2D eigenvalue weighted by molar-refractivity contribution is -0.406. The number of carbonyl (C=O) groups excluding carboxylic acids is 3. The Morgan fingerprint density at radius 3 is 2.42 bits per heavy atom. The van der Waals surface area contributed by atoms with Crippen molar-refractivity contribution in [2.24, 2.45) is 11.7 Å². The zero-order valence-corrected chi connectivity index (χ0v) is 20.9. The van der Waals surface area contributed by atoms with Crippen molar-refractivity contribution >= 4 is 17.7 Å². The third-order valence-corrected chi connectivity index (χ3v) is 7.72. The van der Waals surface area contributed by atoms with Crippen molar-refractivity contribution in [1.29, 1.82) is 0 Å². The zero-order valence-electron chi connectivity index (χ0n) is 20.9. The zero-order chi connectivity index (χ0) is 26.6. The fourth-order valence-corrected chi connectivity index (χ4v) is 5.64. The van der Waals surface area contributed by atoms with Crippen molar-refractivity contribution in [3.63, 3.8) is 0 Å². The van der Waals surface area contributed by atoms with Gasteiger partial charge in [-0.3, -0.25) is 24.6 Å². The highest BCUT2D eigenvalue weighted by Gasteiger charge is 2.50. The maximum absolute atomic E-state index is 14.1. The van der Waals surface area contributed by atoms with Crippen LogP contribution in [0.1, 0.15) is 58.8 Å². The van der Waals surface area contributed by atoms with Crippen molar-refractivity contribution < 1.29 is 32.8 Å². The molecule has 3 fully saturated rings.